The Morgan fingerprint density at radius 3 is 2.68 bits per heavy atom. The van der Waals surface area contributed by atoms with E-state index in [9.17, 15) is 8.42 Å². The van der Waals surface area contributed by atoms with Gasteiger partial charge in [0.15, 0.2) is 0 Å². The number of hydrogen-bond donors (Lipinski definition) is 0. The van der Waals surface area contributed by atoms with E-state index in [0.29, 0.717) is 13.0 Å². The molecule has 4 nitrogen and oxygen atoms in total. The molecule has 0 aromatic heterocycles. The van der Waals surface area contributed by atoms with Crippen LogP contribution in [0.5, 0.6) is 0 Å². The maximum absolute atomic E-state index is 12.8. The predicted molar refractivity (Wildman–Crippen MR) is 99.2 cm³/mol. The van der Waals surface area contributed by atoms with Gasteiger partial charge in [-0.2, -0.15) is 8.42 Å². The molecule has 0 saturated carbocycles. The minimum Gasteiger partial charge on any atom is -0.374 e. The van der Waals surface area contributed by atoms with Crippen LogP contribution in [-0.2, 0) is 25.6 Å². The third-order valence-electron chi connectivity index (χ3n) is 4.29. The van der Waals surface area contributed by atoms with Crippen LogP contribution < -0.4 is 0 Å². The molecule has 2 aromatic carbocycles. The first-order chi connectivity index (χ1) is 12.0. The summed E-state index contributed by atoms with van der Waals surface area (Å²) in [5.74, 6) is 0. The van der Waals surface area contributed by atoms with Gasteiger partial charge in [-0.25, -0.2) is 0 Å². The van der Waals surface area contributed by atoms with Crippen molar-refractivity contribution in [1.82, 2.24) is 0 Å². The maximum atomic E-state index is 12.8. The molecule has 0 N–H and O–H groups in total. The molecule has 1 unspecified atom stereocenters. The first-order valence-corrected chi connectivity index (χ1v) is 10.9. The minimum absolute atomic E-state index is 0.0250. The Kier molecular flexibility index (Phi) is 5.84. The molecule has 25 heavy (non-hydrogen) atoms. The van der Waals surface area contributed by atoms with Crippen LogP contribution in [0, 0.1) is 0 Å². The third-order valence-corrected chi connectivity index (χ3v) is 6.41. The van der Waals surface area contributed by atoms with E-state index in [1.54, 1.807) is 30.0 Å². The second-order valence-electron chi connectivity index (χ2n) is 6.13. The Bertz CT molecular complexity index is 833. The van der Waals surface area contributed by atoms with Crippen molar-refractivity contribution in [2.75, 3.05) is 6.26 Å². The van der Waals surface area contributed by atoms with Crippen LogP contribution in [0.4, 0.5) is 0 Å². The van der Waals surface area contributed by atoms with Crippen LogP contribution in [0.1, 0.15) is 37.0 Å². The zero-order chi connectivity index (χ0) is 17.9. The summed E-state index contributed by atoms with van der Waals surface area (Å²) in [4.78, 5) is 1.20. The Balaban J connectivity index is 2.02. The van der Waals surface area contributed by atoms with Crippen molar-refractivity contribution < 1.29 is 17.3 Å². The standard InChI is InChI=1S/C19H22O4S2/c1-14-10-11-18(17-8-3-4-9-19(17)24-2)23-25(20,21)16-7-5-6-15(12-16)13-22-14/h3-9,12,14,18H,10-11,13H2,1-2H3/t14-,18?/m0/s1. The van der Waals surface area contributed by atoms with Gasteiger partial charge in [0.2, 0.25) is 0 Å². The lowest BCUT2D eigenvalue weighted by molar-refractivity contribution is 0.0386. The summed E-state index contributed by atoms with van der Waals surface area (Å²) in [6.45, 7) is 2.41. The molecule has 6 heteroatoms. The summed E-state index contributed by atoms with van der Waals surface area (Å²) in [5.41, 5.74) is 1.74. The highest BCUT2D eigenvalue weighted by atomic mass is 32.2. The first-order valence-electron chi connectivity index (χ1n) is 8.26. The molecule has 0 radical (unpaired) electrons. The first kappa shape index (κ1) is 18.5. The van der Waals surface area contributed by atoms with Crippen LogP contribution in [0.2, 0.25) is 0 Å². The van der Waals surface area contributed by atoms with Crippen LogP contribution in [-0.4, -0.2) is 20.8 Å². The van der Waals surface area contributed by atoms with Gasteiger partial charge in [-0.1, -0.05) is 30.3 Å². The number of ether oxygens (including phenoxy) is 1. The van der Waals surface area contributed by atoms with Gasteiger partial charge in [-0.05, 0) is 55.3 Å². The van der Waals surface area contributed by atoms with Gasteiger partial charge in [-0.15, -0.1) is 11.8 Å². The minimum atomic E-state index is -3.84. The molecule has 134 valence electrons. The van der Waals surface area contributed by atoms with Crippen molar-refractivity contribution >= 4 is 21.9 Å². The monoisotopic (exact) mass is 378 g/mol. The van der Waals surface area contributed by atoms with Gasteiger partial charge in [0.1, 0.15) is 6.10 Å². The molecule has 0 spiro atoms. The number of thioether (sulfide) groups is 1. The fourth-order valence-electron chi connectivity index (χ4n) is 2.90. The van der Waals surface area contributed by atoms with Crippen molar-refractivity contribution in [2.45, 2.75) is 48.4 Å². The van der Waals surface area contributed by atoms with Crippen molar-refractivity contribution in [3.63, 3.8) is 0 Å². The molecule has 3 rings (SSSR count). The third kappa shape index (κ3) is 4.44. The summed E-state index contributed by atoms with van der Waals surface area (Å²) < 4.78 is 37.1. The van der Waals surface area contributed by atoms with Crippen LogP contribution in [0.25, 0.3) is 0 Å². The molecule has 1 heterocycles. The van der Waals surface area contributed by atoms with Gasteiger partial charge in [-0.3, -0.25) is 4.18 Å². The van der Waals surface area contributed by atoms with E-state index in [1.165, 1.54) is 0 Å². The van der Waals surface area contributed by atoms with E-state index in [0.717, 1.165) is 22.4 Å². The fraction of sp³-hybridized carbons (Fsp3) is 0.368. The van der Waals surface area contributed by atoms with Crippen molar-refractivity contribution in [3.8, 4) is 0 Å². The summed E-state index contributed by atoms with van der Waals surface area (Å²) in [7, 11) is -3.84. The van der Waals surface area contributed by atoms with E-state index < -0.39 is 16.2 Å². The molecule has 0 aliphatic carbocycles. The fourth-order valence-corrected chi connectivity index (χ4v) is 4.70. The van der Waals surface area contributed by atoms with Crippen LogP contribution in [0.15, 0.2) is 58.3 Å². The number of benzene rings is 2. The Morgan fingerprint density at radius 2 is 1.88 bits per heavy atom. The quantitative estimate of drug-likeness (QED) is 0.567. The molecule has 2 atom stereocenters. The molecular weight excluding hydrogens is 356 g/mol. The lowest BCUT2D eigenvalue weighted by Crippen LogP contribution is -2.15. The second-order valence-corrected chi connectivity index (χ2v) is 8.55. The van der Waals surface area contributed by atoms with E-state index >= 15 is 0 Å². The zero-order valence-corrected chi connectivity index (χ0v) is 16.0. The number of hydrogen-bond acceptors (Lipinski definition) is 5. The number of rotatable bonds is 2. The molecular formula is C19H22O4S2. The van der Waals surface area contributed by atoms with Crippen LogP contribution in [0.3, 0.4) is 0 Å². The van der Waals surface area contributed by atoms with Crippen LogP contribution >= 0.6 is 11.8 Å². The van der Waals surface area contributed by atoms with Gasteiger partial charge in [0.25, 0.3) is 10.1 Å². The Morgan fingerprint density at radius 1 is 1.08 bits per heavy atom. The highest BCUT2D eigenvalue weighted by Crippen LogP contribution is 2.34. The summed E-state index contributed by atoms with van der Waals surface area (Å²) in [5, 5.41) is 0. The average molecular weight is 379 g/mol. The average Bonchev–Trinajstić information content (AvgIpc) is 2.64. The molecule has 0 saturated heterocycles. The molecule has 2 aromatic rings. The van der Waals surface area contributed by atoms with Crippen molar-refractivity contribution in [2.24, 2.45) is 0 Å². The van der Waals surface area contributed by atoms with E-state index in [-0.39, 0.29) is 11.0 Å². The topological polar surface area (TPSA) is 52.6 Å². The normalized spacial score (nSPS) is 23.6. The predicted octanol–water partition coefficient (Wildman–Crippen LogP) is 4.55. The highest BCUT2D eigenvalue weighted by molar-refractivity contribution is 7.98. The van der Waals surface area contributed by atoms with E-state index in [2.05, 4.69) is 0 Å². The van der Waals surface area contributed by atoms with Crippen molar-refractivity contribution in [1.29, 1.82) is 0 Å². The lowest BCUT2D eigenvalue weighted by Gasteiger charge is -2.21. The summed E-state index contributed by atoms with van der Waals surface area (Å²) in [6, 6.07) is 14.6. The Hall–Kier alpha value is -1.34. The van der Waals surface area contributed by atoms with Gasteiger partial charge >= 0.3 is 0 Å². The molecule has 0 amide bonds. The molecule has 1 aliphatic rings. The van der Waals surface area contributed by atoms with Crippen molar-refractivity contribution in [3.05, 3.63) is 59.7 Å². The largest absolute Gasteiger partial charge is 0.374 e. The lowest BCUT2D eigenvalue weighted by atomic mass is 10.0. The summed E-state index contributed by atoms with van der Waals surface area (Å²) >= 11 is 1.59. The zero-order valence-electron chi connectivity index (χ0n) is 14.3. The Labute approximate surface area is 153 Å². The van der Waals surface area contributed by atoms with Gasteiger partial charge in [0.05, 0.1) is 17.6 Å². The van der Waals surface area contributed by atoms with Gasteiger partial charge in [0, 0.05) is 4.90 Å². The molecule has 0 fully saturated rings. The molecule has 1 aliphatic heterocycles. The number of fused-ring (bicyclic) bond motifs is 2. The van der Waals surface area contributed by atoms with E-state index in [4.69, 9.17) is 8.92 Å². The smallest absolute Gasteiger partial charge is 0.297 e. The summed E-state index contributed by atoms with van der Waals surface area (Å²) in [6.07, 6.45) is 2.78. The van der Waals surface area contributed by atoms with Gasteiger partial charge < -0.3 is 4.74 Å². The SMILES string of the molecule is CSc1ccccc1C1CC[C@H](C)OCc2cccc(c2)S(=O)(=O)O1. The molecule has 2 bridgehead atoms. The maximum Gasteiger partial charge on any atom is 0.297 e. The highest BCUT2D eigenvalue weighted by Gasteiger charge is 2.26. The van der Waals surface area contributed by atoms with E-state index in [1.807, 2.05) is 43.5 Å². The second kappa shape index (κ2) is 7.91.